The number of carbonyl (C=O) groups excluding carboxylic acids is 1. The van der Waals surface area contributed by atoms with Crippen LogP contribution in [-0.4, -0.2) is 27.7 Å². The molecule has 2 N–H and O–H groups in total. The minimum atomic E-state index is -0.627. The summed E-state index contributed by atoms with van der Waals surface area (Å²) < 4.78 is 5.14. The van der Waals surface area contributed by atoms with Gasteiger partial charge in [0.1, 0.15) is 0 Å². The number of aliphatic hydroxyl groups is 1. The van der Waals surface area contributed by atoms with Gasteiger partial charge in [-0.3, -0.25) is 0 Å². The zero-order chi connectivity index (χ0) is 13.0. The van der Waals surface area contributed by atoms with E-state index in [2.05, 4.69) is 9.97 Å². The molecule has 3 aromatic rings. The van der Waals surface area contributed by atoms with Gasteiger partial charge in [0, 0.05) is 21.9 Å². The second-order valence-electron chi connectivity index (χ2n) is 4.56. The van der Waals surface area contributed by atoms with E-state index >= 15 is 0 Å². The van der Waals surface area contributed by atoms with Crippen molar-refractivity contribution < 1.29 is 14.6 Å². The van der Waals surface area contributed by atoms with Gasteiger partial charge < -0.3 is 14.8 Å². The van der Waals surface area contributed by atoms with Crippen molar-refractivity contribution in [1.82, 2.24) is 9.97 Å². The first kappa shape index (κ1) is 10.5. The highest BCUT2D eigenvalue weighted by Crippen LogP contribution is 2.38. The van der Waals surface area contributed by atoms with Gasteiger partial charge in [-0.25, -0.2) is 9.78 Å². The summed E-state index contributed by atoms with van der Waals surface area (Å²) in [6, 6.07) is 7.82. The smallest absolute Gasteiger partial charge is 0.358 e. The molecule has 0 saturated heterocycles. The molecule has 0 unspecified atom stereocenters. The number of pyridine rings is 1. The second-order valence-corrected chi connectivity index (χ2v) is 4.56. The fourth-order valence-corrected chi connectivity index (χ4v) is 2.72. The number of fused-ring (bicyclic) bond motifs is 5. The molecule has 1 aromatic carbocycles. The number of carbonyl (C=O) groups is 1. The molecular weight excluding hydrogens is 244 g/mol. The Kier molecular flexibility index (Phi) is 1.97. The number of aliphatic hydroxyl groups excluding tert-OH is 1. The molecule has 1 aliphatic heterocycles. The van der Waals surface area contributed by atoms with Crippen LogP contribution < -0.4 is 0 Å². The molecule has 2 aromatic heterocycles. The number of rotatable bonds is 1. The number of aromatic amines is 1. The van der Waals surface area contributed by atoms with E-state index in [4.69, 9.17) is 4.74 Å². The van der Waals surface area contributed by atoms with Crippen LogP contribution in [0.1, 0.15) is 22.2 Å². The Morgan fingerprint density at radius 3 is 3.00 bits per heavy atom. The fraction of sp³-hybridized carbons (Fsp3) is 0.143. The molecule has 19 heavy (non-hydrogen) atoms. The van der Waals surface area contributed by atoms with E-state index in [-0.39, 0.29) is 6.61 Å². The van der Waals surface area contributed by atoms with Crippen LogP contribution in [0.2, 0.25) is 0 Å². The summed E-state index contributed by atoms with van der Waals surface area (Å²) in [5.41, 5.74) is 2.80. The summed E-state index contributed by atoms with van der Waals surface area (Å²) in [4.78, 5) is 19.1. The van der Waals surface area contributed by atoms with E-state index in [1.54, 1.807) is 6.20 Å². The number of hydrogen-bond donors (Lipinski definition) is 2. The van der Waals surface area contributed by atoms with Crippen molar-refractivity contribution in [3.63, 3.8) is 0 Å². The van der Waals surface area contributed by atoms with E-state index < -0.39 is 12.1 Å². The van der Waals surface area contributed by atoms with Crippen LogP contribution in [0.5, 0.6) is 0 Å². The Morgan fingerprint density at radius 1 is 1.32 bits per heavy atom. The molecule has 1 aliphatic rings. The van der Waals surface area contributed by atoms with E-state index in [1.807, 2.05) is 24.3 Å². The highest BCUT2D eigenvalue weighted by atomic mass is 16.6. The number of hydrogen-bond acceptors (Lipinski definition) is 4. The van der Waals surface area contributed by atoms with Crippen LogP contribution in [0.4, 0.5) is 0 Å². The summed E-state index contributed by atoms with van der Waals surface area (Å²) in [6.45, 7) is -0.237. The molecule has 3 heterocycles. The second kappa shape index (κ2) is 3.55. The Morgan fingerprint density at radius 2 is 2.16 bits per heavy atom. The minimum Gasteiger partial charge on any atom is -0.450 e. The third-order valence-electron chi connectivity index (χ3n) is 3.51. The van der Waals surface area contributed by atoms with Gasteiger partial charge in [0.25, 0.3) is 0 Å². The lowest BCUT2D eigenvalue weighted by atomic mass is 10.0. The van der Waals surface area contributed by atoms with Gasteiger partial charge in [-0.1, -0.05) is 18.2 Å². The summed E-state index contributed by atoms with van der Waals surface area (Å²) >= 11 is 0. The standard InChI is InChI=1S/C14H10N2O3/c17-6-10-12-11-7-3-1-2-4-8(7)16-9(11)5-15-13(12)14(18)19-10/h1-5,10,16-17H,6H2/t10-/m1/s1. The van der Waals surface area contributed by atoms with Gasteiger partial charge in [-0.05, 0) is 6.07 Å². The van der Waals surface area contributed by atoms with Crippen molar-refractivity contribution in [1.29, 1.82) is 0 Å². The Balaban J connectivity index is 2.20. The first-order valence-corrected chi connectivity index (χ1v) is 6.00. The number of nitrogens with zero attached hydrogens (tertiary/aromatic N) is 1. The van der Waals surface area contributed by atoms with Crippen molar-refractivity contribution in [3.8, 4) is 0 Å². The number of cyclic esters (lactones) is 1. The quantitative estimate of drug-likeness (QED) is 0.650. The first-order chi connectivity index (χ1) is 9.29. The predicted octanol–water partition coefficient (Wildman–Crippen LogP) is 1.92. The molecule has 0 aliphatic carbocycles. The molecule has 0 saturated carbocycles. The lowest BCUT2D eigenvalue weighted by molar-refractivity contribution is 0.0235. The normalized spacial score (nSPS) is 17.9. The number of para-hydroxylation sites is 1. The van der Waals surface area contributed by atoms with Crippen molar-refractivity contribution in [2.24, 2.45) is 0 Å². The number of aromatic nitrogens is 2. The topological polar surface area (TPSA) is 75.2 Å². The maximum absolute atomic E-state index is 11.7. The summed E-state index contributed by atoms with van der Waals surface area (Å²) in [6.07, 6.45) is 1.01. The Labute approximate surface area is 107 Å². The van der Waals surface area contributed by atoms with Crippen LogP contribution in [0.3, 0.4) is 0 Å². The monoisotopic (exact) mass is 254 g/mol. The number of benzene rings is 1. The zero-order valence-electron chi connectivity index (χ0n) is 9.88. The van der Waals surface area contributed by atoms with Crippen LogP contribution in [-0.2, 0) is 4.74 Å². The Bertz CT molecular complexity index is 822. The molecule has 5 heteroatoms. The summed E-state index contributed by atoms with van der Waals surface area (Å²) in [5.74, 6) is -0.471. The number of nitrogens with one attached hydrogen (secondary N) is 1. The molecule has 0 amide bonds. The molecular formula is C14H10N2O3. The first-order valence-electron chi connectivity index (χ1n) is 6.00. The van der Waals surface area contributed by atoms with Crippen molar-refractivity contribution in [2.75, 3.05) is 6.61 Å². The van der Waals surface area contributed by atoms with Crippen molar-refractivity contribution in [2.45, 2.75) is 6.10 Å². The van der Waals surface area contributed by atoms with Gasteiger partial charge in [-0.15, -0.1) is 0 Å². The lowest BCUT2D eigenvalue weighted by Crippen LogP contribution is -2.03. The SMILES string of the molecule is O=C1O[C@H](CO)c2c1ncc1[nH]c3ccccc3c21. The van der Waals surface area contributed by atoms with E-state index in [0.29, 0.717) is 11.3 Å². The van der Waals surface area contributed by atoms with Crippen LogP contribution in [0, 0.1) is 0 Å². The number of ether oxygens (including phenoxy) is 1. The van der Waals surface area contributed by atoms with Crippen molar-refractivity contribution in [3.05, 3.63) is 41.7 Å². The third-order valence-corrected chi connectivity index (χ3v) is 3.51. The van der Waals surface area contributed by atoms with E-state index in [9.17, 15) is 9.90 Å². The molecule has 94 valence electrons. The van der Waals surface area contributed by atoms with Gasteiger partial charge in [0.05, 0.1) is 18.3 Å². The lowest BCUT2D eigenvalue weighted by Gasteiger charge is -2.07. The van der Waals surface area contributed by atoms with Gasteiger partial charge >= 0.3 is 5.97 Å². The maximum atomic E-state index is 11.7. The molecule has 0 fully saturated rings. The number of esters is 1. The third kappa shape index (κ3) is 1.27. The molecule has 4 rings (SSSR count). The van der Waals surface area contributed by atoms with Gasteiger partial charge in [0.15, 0.2) is 11.8 Å². The molecule has 0 bridgehead atoms. The highest BCUT2D eigenvalue weighted by molar-refractivity contribution is 6.12. The summed E-state index contributed by atoms with van der Waals surface area (Å²) in [7, 11) is 0. The highest BCUT2D eigenvalue weighted by Gasteiger charge is 2.34. The average Bonchev–Trinajstić information content (AvgIpc) is 2.96. The largest absolute Gasteiger partial charge is 0.450 e. The van der Waals surface area contributed by atoms with E-state index in [0.717, 1.165) is 21.8 Å². The Hall–Kier alpha value is -2.40. The fourth-order valence-electron chi connectivity index (χ4n) is 2.72. The molecule has 0 spiro atoms. The zero-order valence-corrected chi connectivity index (χ0v) is 9.88. The molecule has 0 radical (unpaired) electrons. The van der Waals surface area contributed by atoms with Crippen molar-refractivity contribution >= 4 is 27.8 Å². The molecule has 5 nitrogen and oxygen atoms in total. The van der Waals surface area contributed by atoms with Crippen LogP contribution >= 0.6 is 0 Å². The van der Waals surface area contributed by atoms with Gasteiger partial charge in [-0.2, -0.15) is 0 Å². The maximum Gasteiger partial charge on any atom is 0.358 e. The summed E-state index contributed by atoms with van der Waals surface area (Å²) in [5, 5.41) is 11.3. The average molecular weight is 254 g/mol. The van der Waals surface area contributed by atoms with Gasteiger partial charge in [0.2, 0.25) is 0 Å². The minimum absolute atomic E-state index is 0.237. The molecule has 1 atom stereocenters. The number of H-pyrrole nitrogens is 1. The van der Waals surface area contributed by atoms with Crippen LogP contribution in [0.25, 0.3) is 21.8 Å². The predicted molar refractivity (Wildman–Crippen MR) is 68.8 cm³/mol. The van der Waals surface area contributed by atoms with E-state index in [1.165, 1.54) is 0 Å². The van der Waals surface area contributed by atoms with Crippen LogP contribution in [0.15, 0.2) is 30.5 Å².